The van der Waals surface area contributed by atoms with Crippen LogP contribution in [0.15, 0.2) is 59.8 Å². The van der Waals surface area contributed by atoms with E-state index < -0.39 is 6.29 Å². The van der Waals surface area contributed by atoms with E-state index in [1.54, 1.807) is 0 Å². The zero-order chi connectivity index (χ0) is 13.1. The van der Waals surface area contributed by atoms with E-state index >= 15 is 0 Å². The molecule has 0 radical (unpaired) electrons. The summed E-state index contributed by atoms with van der Waals surface area (Å²) in [7, 11) is 0. The number of nitrogens with zero attached hydrogens (tertiary/aromatic N) is 1. The molecule has 96 valence electrons. The van der Waals surface area contributed by atoms with Crippen LogP contribution in [0, 0.1) is 0 Å². The Kier molecular flexibility index (Phi) is 3.53. The smallest absolute Gasteiger partial charge is 0.233 e. The first-order chi connectivity index (χ1) is 9.33. The zero-order valence-corrected chi connectivity index (χ0v) is 11.0. The fourth-order valence-electron chi connectivity index (χ4n) is 1.89. The molecule has 2 aromatic rings. The van der Waals surface area contributed by atoms with Crippen LogP contribution < -0.4 is 0 Å². The molecule has 1 aliphatic rings. The lowest BCUT2D eigenvalue weighted by molar-refractivity contribution is -0.0813. The molecule has 0 bridgehead atoms. The number of thioether (sulfide) groups is 1. The molecule has 0 saturated carbocycles. The molecular formula is C15H13NO2S. The van der Waals surface area contributed by atoms with Crippen LogP contribution >= 0.6 is 11.8 Å². The second-order valence-electron chi connectivity index (χ2n) is 4.21. The van der Waals surface area contributed by atoms with Gasteiger partial charge in [-0.3, -0.25) is 0 Å². The Morgan fingerprint density at radius 1 is 0.947 bits per heavy atom. The number of oxime groups is 1. The molecule has 19 heavy (non-hydrogen) atoms. The van der Waals surface area contributed by atoms with Gasteiger partial charge in [0, 0.05) is 5.56 Å². The Balaban J connectivity index is 1.84. The maximum atomic E-state index is 9.22. The first-order valence-electron chi connectivity index (χ1n) is 6.03. The fourth-order valence-corrected chi connectivity index (χ4v) is 2.65. The van der Waals surface area contributed by atoms with Crippen molar-refractivity contribution in [3.63, 3.8) is 0 Å². The number of aliphatic hydroxyl groups is 1. The van der Waals surface area contributed by atoms with E-state index in [1.165, 1.54) is 22.9 Å². The highest BCUT2D eigenvalue weighted by Gasteiger charge is 2.16. The van der Waals surface area contributed by atoms with Gasteiger partial charge in [-0.25, -0.2) is 0 Å². The van der Waals surface area contributed by atoms with Crippen molar-refractivity contribution in [3.8, 4) is 11.1 Å². The molecule has 3 nitrogen and oxygen atoms in total. The van der Waals surface area contributed by atoms with Gasteiger partial charge in [0.15, 0.2) is 0 Å². The lowest BCUT2D eigenvalue weighted by atomic mass is 10.0. The van der Waals surface area contributed by atoms with Gasteiger partial charge in [-0.05, 0) is 11.1 Å². The third-order valence-corrected chi connectivity index (χ3v) is 3.89. The SMILES string of the molecule is OC1CSC(c2ccc(-c3ccccc3)cc2)=NO1. The number of rotatable bonds is 2. The van der Waals surface area contributed by atoms with E-state index in [0.29, 0.717) is 5.75 Å². The summed E-state index contributed by atoms with van der Waals surface area (Å²) < 4.78 is 0. The number of benzene rings is 2. The largest absolute Gasteiger partial charge is 0.362 e. The van der Waals surface area contributed by atoms with Crippen molar-refractivity contribution >= 4 is 16.8 Å². The van der Waals surface area contributed by atoms with Crippen molar-refractivity contribution in [2.75, 3.05) is 5.75 Å². The first-order valence-corrected chi connectivity index (χ1v) is 7.02. The minimum atomic E-state index is -0.794. The fraction of sp³-hybridized carbons (Fsp3) is 0.133. The molecule has 2 aromatic carbocycles. The Morgan fingerprint density at radius 2 is 1.58 bits per heavy atom. The summed E-state index contributed by atoms with van der Waals surface area (Å²) >= 11 is 1.50. The molecule has 4 heteroatoms. The van der Waals surface area contributed by atoms with Crippen molar-refractivity contribution in [2.45, 2.75) is 6.29 Å². The van der Waals surface area contributed by atoms with Gasteiger partial charge >= 0.3 is 0 Å². The summed E-state index contributed by atoms with van der Waals surface area (Å²) in [6, 6.07) is 18.4. The monoisotopic (exact) mass is 271 g/mol. The summed E-state index contributed by atoms with van der Waals surface area (Å²) in [5.41, 5.74) is 3.38. The molecule has 0 aliphatic carbocycles. The molecule has 0 saturated heterocycles. The molecule has 3 rings (SSSR count). The Labute approximate surface area is 115 Å². The quantitative estimate of drug-likeness (QED) is 0.912. The van der Waals surface area contributed by atoms with Crippen molar-refractivity contribution in [1.82, 2.24) is 0 Å². The predicted molar refractivity (Wildman–Crippen MR) is 78.0 cm³/mol. The van der Waals surface area contributed by atoms with Gasteiger partial charge in [-0.15, -0.1) is 0 Å². The maximum absolute atomic E-state index is 9.22. The van der Waals surface area contributed by atoms with E-state index in [9.17, 15) is 5.11 Å². The van der Waals surface area contributed by atoms with Gasteiger partial charge in [0.25, 0.3) is 0 Å². The molecular weight excluding hydrogens is 258 g/mol. The Bertz CT molecular complexity index is 581. The number of hydrogen-bond donors (Lipinski definition) is 1. The molecule has 1 atom stereocenters. The van der Waals surface area contributed by atoms with Gasteiger partial charge in [0.1, 0.15) is 5.04 Å². The van der Waals surface area contributed by atoms with Crippen molar-refractivity contribution in [2.24, 2.45) is 5.16 Å². The van der Waals surface area contributed by atoms with Crippen molar-refractivity contribution in [1.29, 1.82) is 0 Å². The number of aliphatic hydroxyl groups excluding tert-OH is 1. The topological polar surface area (TPSA) is 41.8 Å². The second-order valence-corrected chi connectivity index (χ2v) is 5.22. The summed E-state index contributed by atoms with van der Waals surface area (Å²) in [4.78, 5) is 4.88. The molecule has 0 aromatic heterocycles. The predicted octanol–water partition coefficient (Wildman–Crippen LogP) is 3.10. The first kappa shape index (κ1) is 12.3. The summed E-state index contributed by atoms with van der Waals surface area (Å²) in [6.07, 6.45) is -0.794. The van der Waals surface area contributed by atoms with Gasteiger partial charge in [-0.1, -0.05) is 71.5 Å². The molecule has 0 fully saturated rings. The Hall–Kier alpha value is -1.78. The Morgan fingerprint density at radius 3 is 2.21 bits per heavy atom. The third-order valence-electron chi connectivity index (χ3n) is 2.86. The van der Waals surface area contributed by atoms with Crippen LogP contribution in [-0.2, 0) is 4.84 Å². The van der Waals surface area contributed by atoms with Crippen LogP contribution in [0.25, 0.3) is 11.1 Å². The molecule has 1 N–H and O–H groups in total. The summed E-state index contributed by atoms with van der Waals surface area (Å²) in [5, 5.41) is 13.9. The van der Waals surface area contributed by atoms with E-state index in [0.717, 1.165) is 10.6 Å². The summed E-state index contributed by atoms with van der Waals surface area (Å²) in [5.74, 6) is 0.513. The highest BCUT2D eigenvalue weighted by molar-refractivity contribution is 8.14. The van der Waals surface area contributed by atoms with Gasteiger partial charge < -0.3 is 9.94 Å². The molecule has 1 aliphatic heterocycles. The van der Waals surface area contributed by atoms with Gasteiger partial charge in [0.2, 0.25) is 6.29 Å². The van der Waals surface area contributed by atoms with E-state index in [-0.39, 0.29) is 0 Å². The van der Waals surface area contributed by atoms with E-state index in [1.807, 2.05) is 30.3 Å². The van der Waals surface area contributed by atoms with Crippen molar-refractivity contribution < 1.29 is 9.94 Å². The van der Waals surface area contributed by atoms with E-state index in [2.05, 4.69) is 29.4 Å². The highest BCUT2D eigenvalue weighted by Crippen LogP contribution is 2.23. The molecule has 1 heterocycles. The minimum Gasteiger partial charge on any atom is -0.362 e. The molecule has 0 amide bonds. The minimum absolute atomic E-state index is 0.513. The highest BCUT2D eigenvalue weighted by atomic mass is 32.2. The second kappa shape index (κ2) is 5.47. The van der Waals surface area contributed by atoms with Crippen LogP contribution in [0.5, 0.6) is 0 Å². The third kappa shape index (κ3) is 2.80. The van der Waals surface area contributed by atoms with Crippen LogP contribution in [0.4, 0.5) is 0 Å². The lowest BCUT2D eigenvalue weighted by Gasteiger charge is -2.16. The summed E-state index contributed by atoms with van der Waals surface area (Å²) in [6.45, 7) is 0. The maximum Gasteiger partial charge on any atom is 0.233 e. The standard InChI is InChI=1S/C15H13NO2S/c17-14-10-19-15(16-18-14)13-8-6-12(7-9-13)11-4-2-1-3-5-11/h1-9,14,17H,10H2. The zero-order valence-electron chi connectivity index (χ0n) is 10.2. The lowest BCUT2D eigenvalue weighted by Crippen LogP contribution is -2.19. The number of hydrogen-bond acceptors (Lipinski definition) is 4. The van der Waals surface area contributed by atoms with Crippen LogP contribution in [-0.4, -0.2) is 22.2 Å². The van der Waals surface area contributed by atoms with Crippen LogP contribution in [0.3, 0.4) is 0 Å². The average molecular weight is 271 g/mol. The van der Waals surface area contributed by atoms with E-state index in [4.69, 9.17) is 4.84 Å². The van der Waals surface area contributed by atoms with Crippen LogP contribution in [0.2, 0.25) is 0 Å². The molecule has 1 unspecified atom stereocenters. The van der Waals surface area contributed by atoms with Gasteiger partial charge in [0.05, 0.1) is 5.75 Å². The molecule has 0 spiro atoms. The average Bonchev–Trinajstić information content (AvgIpc) is 2.49. The normalized spacial score (nSPS) is 18.6. The van der Waals surface area contributed by atoms with Crippen molar-refractivity contribution in [3.05, 3.63) is 60.2 Å². The van der Waals surface area contributed by atoms with Gasteiger partial charge in [-0.2, -0.15) is 0 Å². The van der Waals surface area contributed by atoms with Crippen LogP contribution in [0.1, 0.15) is 5.56 Å².